The van der Waals surface area contributed by atoms with Crippen LogP contribution in [0.1, 0.15) is 43.6 Å². The fraction of sp³-hybridized carbons (Fsp3) is 0.467. The molecule has 2 aromatic rings. The molecule has 6 heteroatoms. The van der Waals surface area contributed by atoms with Gasteiger partial charge >= 0.3 is 0 Å². The van der Waals surface area contributed by atoms with Crippen molar-refractivity contribution in [2.45, 2.75) is 31.7 Å². The molecule has 0 amide bonds. The van der Waals surface area contributed by atoms with Gasteiger partial charge < -0.3 is 15.0 Å². The van der Waals surface area contributed by atoms with E-state index in [4.69, 9.17) is 15.0 Å². The van der Waals surface area contributed by atoms with E-state index >= 15 is 0 Å². The van der Waals surface area contributed by atoms with Crippen LogP contribution < -0.4 is 5.73 Å². The first kappa shape index (κ1) is 15.6. The molecule has 1 aromatic carbocycles. The number of nitrogens with two attached hydrogens (primary N) is 1. The van der Waals surface area contributed by atoms with Crippen LogP contribution in [0.3, 0.4) is 0 Å². The molecule has 1 aromatic heterocycles. The lowest BCUT2D eigenvalue weighted by atomic mass is 9.84. The molecule has 0 aliphatic heterocycles. The van der Waals surface area contributed by atoms with Crippen LogP contribution in [0.25, 0.3) is 0 Å². The second-order valence-electron chi connectivity index (χ2n) is 5.48. The summed E-state index contributed by atoms with van der Waals surface area (Å²) in [6.45, 7) is 4.44. The summed E-state index contributed by atoms with van der Waals surface area (Å²) in [7, 11) is 1.61. The first-order valence-electron chi connectivity index (χ1n) is 6.80. The first-order valence-corrected chi connectivity index (χ1v) is 6.80. The molecule has 5 nitrogen and oxygen atoms in total. The number of nitrogens with zero attached hydrogens (tertiary/aromatic N) is 2. The minimum absolute atomic E-state index is 0.273. The fourth-order valence-corrected chi connectivity index (χ4v) is 2.00. The van der Waals surface area contributed by atoms with Crippen LogP contribution in [0.4, 0.5) is 4.39 Å². The lowest BCUT2D eigenvalue weighted by molar-refractivity contribution is 0.182. The predicted octanol–water partition coefficient (Wildman–Crippen LogP) is 2.57. The second-order valence-corrected chi connectivity index (χ2v) is 5.48. The molecule has 0 aliphatic carbocycles. The van der Waals surface area contributed by atoms with E-state index in [9.17, 15) is 4.39 Å². The van der Waals surface area contributed by atoms with Crippen molar-refractivity contribution in [3.63, 3.8) is 0 Å². The van der Waals surface area contributed by atoms with E-state index in [2.05, 4.69) is 10.1 Å². The number of ether oxygens (including phenoxy) is 1. The maximum atomic E-state index is 13.0. The van der Waals surface area contributed by atoms with Crippen LogP contribution in [0.2, 0.25) is 0 Å². The Bertz CT molecular complexity index is 581. The summed E-state index contributed by atoms with van der Waals surface area (Å²) in [4.78, 5) is 4.38. The van der Waals surface area contributed by atoms with Crippen LogP contribution in [-0.4, -0.2) is 23.9 Å². The Hall–Kier alpha value is -1.79. The van der Waals surface area contributed by atoms with Gasteiger partial charge in [0.1, 0.15) is 5.82 Å². The van der Waals surface area contributed by atoms with Crippen molar-refractivity contribution in [1.29, 1.82) is 0 Å². The molecule has 0 saturated carbocycles. The zero-order chi connectivity index (χ0) is 15.5. The van der Waals surface area contributed by atoms with Gasteiger partial charge in [0.25, 0.3) is 0 Å². The summed E-state index contributed by atoms with van der Waals surface area (Å²) in [6, 6.07) is 5.92. The lowest BCUT2D eigenvalue weighted by Gasteiger charge is -2.20. The molecular weight excluding hydrogens is 273 g/mol. The highest BCUT2D eigenvalue weighted by atomic mass is 19.1. The number of benzene rings is 1. The van der Waals surface area contributed by atoms with Crippen LogP contribution >= 0.6 is 0 Å². The molecule has 0 aliphatic rings. The Morgan fingerprint density at radius 3 is 2.62 bits per heavy atom. The monoisotopic (exact) mass is 293 g/mol. The van der Waals surface area contributed by atoms with E-state index in [1.807, 2.05) is 13.8 Å². The molecule has 0 saturated heterocycles. The fourth-order valence-electron chi connectivity index (χ4n) is 2.00. The summed E-state index contributed by atoms with van der Waals surface area (Å²) >= 11 is 0. The average molecular weight is 293 g/mol. The third-order valence-corrected chi connectivity index (χ3v) is 3.52. The van der Waals surface area contributed by atoms with E-state index in [1.54, 1.807) is 19.2 Å². The Morgan fingerprint density at radius 1 is 1.33 bits per heavy atom. The average Bonchev–Trinajstić information content (AvgIpc) is 2.96. The minimum atomic E-state index is -0.490. The van der Waals surface area contributed by atoms with Gasteiger partial charge in [0.05, 0.1) is 11.5 Å². The minimum Gasteiger partial charge on any atom is -0.385 e. The number of halogens is 1. The second kappa shape index (κ2) is 6.32. The van der Waals surface area contributed by atoms with Gasteiger partial charge in [-0.3, -0.25) is 0 Å². The number of methoxy groups -OCH3 is 1. The maximum Gasteiger partial charge on any atom is 0.243 e. The largest absolute Gasteiger partial charge is 0.385 e. The van der Waals surface area contributed by atoms with E-state index in [0.717, 1.165) is 5.56 Å². The van der Waals surface area contributed by atoms with Gasteiger partial charge in [-0.2, -0.15) is 4.98 Å². The molecule has 1 atom stereocenters. The van der Waals surface area contributed by atoms with Gasteiger partial charge in [-0.1, -0.05) is 17.3 Å². The van der Waals surface area contributed by atoms with Crippen molar-refractivity contribution < 1.29 is 13.7 Å². The Balaban J connectivity index is 2.21. The van der Waals surface area contributed by atoms with Gasteiger partial charge in [-0.15, -0.1) is 0 Å². The highest BCUT2D eigenvalue weighted by Crippen LogP contribution is 2.30. The van der Waals surface area contributed by atoms with Crippen LogP contribution in [-0.2, 0) is 10.2 Å². The molecule has 21 heavy (non-hydrogen) atoms. The molecule has 0 spiro atoms. The van der Waals surface area contributed by atoms with Crippen molar-refractivity contribution >= 4 is 0 Å². The Morgan fingerprint density at radius 2 is 2.00 bits per heavy atom. The number of aromatic nitrogens is 2. The molecule has 2 N–H and O–H groups in total. The summed E-state index contributed by atoms with van der Waals surface area (Å²) in [5.74, 6) is 0.638. The maximum absolute atomic E-state index is 13.0. The van der Waals surface area contributed by atoms with E-state index in [1.165, 1.54) is 12.1 Å². The van der Waals surface area contributed by atoms with Crippen molar-refractivity contribution in [3.05, 3.63) is 47.4 Å². The standard InChI is InChI=1S/C15H20FN3O2/c1-15(2,10-4-6-11(16)7-5-10)14-18-13(21-19-14)12(17)8-9-20-3/h4-7,12H,8-9,17H2,1-3H3. The number of rotatable bonds is 6. The molecule has 0 fully saturated rings. The molecule has 2 rings (SSSR count). The van der Waals surface area contributed by atoms with Gasteiger partial charge in [0, 0.05) is 13.7 Å². The summed E-state index contributed by atoms with van der Waals surface area (Å²) < 4.78 is 23.2. The third-order valence-electron chi connectivity index (χ3n) is 3.52. The molecule has 0 bridgehead atoms. The molecule has 0 radical (unpaired) electrons. The van der Waals surface area contributed by atoms with Crippen molar-refractivity contribution in [2.75, 3.05) is 13.7 Å². The van der Waals surface area contributed by atoms with E-state index < -0.39 is 5.41 Å². The smallest absolute Gasteiger partial charge is 0.243 e. The van der Waals surface area contributed by atoms with Crippen LogP contribution in [0, 0.1) is 5.82 Å². The predicted molar refractivity (Wildman–Crippen MR) is 76.2 cm³/mol. The number of hydrogen-bond donors (Lipinski definition) is 1. The van der Waals surface area contributed by atoms with Gasteiger partial charge in [-0.25, -0.2) is 4.39 Å². The van der Waals surface area contributed by atoms with Crippen molar-refractivity contribution in [2.24, 2.45) is 5.73 Å². The van der Waals surface area contributed by atoms with Crippen LogP contribution in [0.15, 0.2) is 28.8 Å². The molecule has 1 unspecified atom stereocenters. The third kappa shape index (κ3) is 3.46. The molecule has 1 heterocycles. The van der Waals surface area contributed by atoms with Gasteiger partial charge in [-0.05, 0) is 38.0 Å². The zero-order valence-corrected chi connectivity index (χ0v) is 12.5. The van der Waals surface area contributed by atoms with Crippen LogP contribution in [0.5, 0.6) is 0 Å². The Kier molecular flexibility index (Phi) is 4.69. The summed E-state index contributed by atoms with van der Waals surface area (Å²) in [6.07, 6.45) is 0.606. The quantitative estimate of drug-likeness (QED) is 0.886. The highest BCUT2D eigenvalue weighted by molar-refractivity contribution is 5.30. The normalized spacial score (nSPS) is 13.4. The zero-order valence-electron chi connectivity index (χ0n) is 12.5. The topological polar surface area (TPSA) is 74.2 Å². The van der Waals surface area contributed by atoms with Crippen molar-refractivity contribution in [3.8, 4) is 0 Å². The number of hydrogen-bond acceptors (Lipinski definition) is 5. The van der Waals surface area contributed by atoms with Crippen molar-refractivity contribution in [1.82, 2.24) is 10.1 Å². The van der Waals surface area contributed by atoms with Gasteiger partial charge in [0.2, 0.25) is 5.89 Å². The van der Waals surface area contributed by atoms with Gasteiger partial charge in [0.15, 0.2) is 5.82 Å². The van der Waals surface area contributed by atoms with E-state index in [-0.39, 0.29) is 11.9 Å². The highest BCUT2D eigenvalue weighted by Gasteiger charge is 2.30. The SMILES string of the molecule is COCCC(N)c1nc(C(C)(C)c2ccc(F)cc2)no1. The lowest BCUT2D eigenvalue weighted by Crippen LogP contribution is -2.21. The summed E-state index contributed by atoms with van der Waals surface area (Å²) in [5, 5.41) is 4.02. The molecular formula is C15H20FN3O2. The Labute approximate surface area is 123 Å². The van der Waals surface area contributed by atoms with E-state index in [0.29, 0.717) is 24.7 Å². The first-order chi connectivity index (χ1) is 9.95. The summed E-state index contributed by atoms with van der Waals surface area (Å²) in [5.41, 5.74) is 6.39. The molecule has 114 valence electrons.